The summed E-state index contributed by atoms with van der Waals surface area (Å²) in [4.78, 5) is 0. The van der Waals surface area contributed by atoms with Crippen molar-refractivity contribution in [1.82, 2.24) is 0 Å². The molecule has 0 fully saturated rings. The molecule has 0 N–H and O–H groups in total. The summed E-state index contributed by atoms with van der Waals surface area (Å²) in [5, 5.41) is 2.21. The van der Waals surface area contributed by atoms with E-state index in [1.54, 1.807) is 18.2 Å². The van der Waals surface area contributed by atoms with Gasteiger partial charge in [-0.05, 0) is 23.6 Å². The van der Waals surface area contributed by atoms with Gasteiger partial charge in [-0.3, -0.25) is 0 Å². The summed E-state index contributed by atoms with van der Waals surface area (Å²) in [6.07, 6.45) is 0. The SMILES string of the molecule is Fc1cc2cccc(Cl)c2cc1Cl. The van der Waals surface area contributed by atoms with Gasteiger partial charge >= 0.3 is 0 Å². The Bertz CT molecular complexity index is 466. The Balaban J connectivity index is 2.89. The van der Waals surface area contributed by atoms with Crippen LogP contribution in [-0.2, 0) is 0 Å². The first kappa shape index (κ1) is 8.79. The van der Waals surface area contributed by atoms with Gasteiger partial charge in [-0.1, -0.05) is 35.3 Å². The fraction of sp³-hybridized carbons (Fsp3) is 0. The van der Waals surface area contributed by atoms with Crippen LogP contribution in [0.3, 0.4) is 0 Å². The van der Waals surface area contributed by atoms with E-state index in [0.717, 1.165) is 10.8 Å². The Hall–Kier alpha value is -0.790. The predicted octanol–water partition coefficient (Wildman–Crippen LogP) is 4.29. The average Bonchev–Trinajstić information content (AvgIpc) is 2.09. The summed E-state index contributed by atoms with van der Waals surface area (Å²) in [6, 6.07) is 8.23. The Morgan fingerprint density at radius 1 is 1.00 bits per heavy atom. The summed E-state index contributed by atoms with van der Waals surface area (Å²) in [7, 11) is 0. The maximum atomic E-state index is 13.0. The number of hydrogen-bond donors (Lipinski definition) is 0. The molecule has 0 unspecified atom stereocenters. The van der Waals surface area contributed by atoms with Gasteiger partial charge in [0.25, 0.3) is 0 Å². The highest BCUT2D eigenvalue weighted by Gasteiger charge is 2.04. The van der Waals surface area contributed by atoms with Gasteiger partial charge in [0.15, 0.2) is 0 Å². The van der Waals surface area contributed by atoms with Crippen molar-refractivity contribution in [1.29, 1.82) is 0 Å². The van der Waals surface area contributed by atoms with Gasteiger partial charge in [0.2, 0.25) is 0 Å². The van der Waals surface area contributed by atoms with Crippen molar-refractivity contribution < 1.29 is 4.39 Å². The van der Waals surface area contributed by atoms with Crippen molar-refractivity contribution in [2.24, 2.45) is 0 Å². The van der Waals surface area contributed by atoms with Crippen LogP contribution in [0.1, 0.15) is 0 Å². The molecule has 0 amide bonds. The van der Waals surface area contributed by atoms with Crippen LogP contribution >= 0.6 is 23.2 Å². The molecule has 0 aromatic heterocycles. The molecule has 2 rings (SSSR count). The van der Waals surface area contributed by atoms with Gasteiger partial charge in [0.05, 0.1) is 5.02 Å². The topological polar surface area (TPSA) is 0 Å². The molecule has 0 saturated carbocycles. The van der Waals surface area contributed by atoms with E-state index in [9.17, 15) is 4.39 Å². The molecule has 0 aliphatic rings. The Labute approximate surface area is 84.9 Å². The molecule has 2 aromatic rings. The molecule has 0 bridgehead atoms. The van der Waals surface area contributed by atoms with E-state index in [4.69, 9.17) is 23.2 Å². The smallest absolute Gasteiger partial charge is 0.142 e. The predicted molar refractivity (Wildman–Crippen MR) is 53.9 cm³/mol. The number of halogens is 3. The van der Waals surface area contributed by atoms with Crippen molar-refractivity contribution in [3.63, 3.8) is 0 Å². The van der Waals surface area contributed by atoms with Crippen LogP contribution < -0.4 is 0 Å². The molecule has 0 radical (unpaired) electrons. The first-order chi connectivity index (χ1) is 6.18. The zero-order valence-electron chi connectivity index (χ0n) is 6.52. The van der Waals surface area contributed by atoms with Crippen molar-refractivity contribution in [2.75, 3.05) is 0 Å². The lowest BCUT2D eigenvalue weighted by molar-refractivity contribution is 0.630. The largest absolute Gasteiger partial charge is 0.205 e. The standard InChI is InChI=1S/C10H5Cl2F/c11-8-3-1-2-6-4-10(13)9(12)5-7(6)8/h1-5H. The van der Waals surface area contributed by atoms with Gasteiger partial charge in [0, 0.05) is 10.4 Å². The molecule has 0 atom stereocenters. The normalized spacial score (nSPS) is 10.7. The molecule has 0 nitrogen and oxygen atoms in total. The van der Waals surface area contributed by atoms with Crippen LogP contribution in [0.5, 0.6) is 0 Å². The van der Waals surface area contributed by atoms with Crippen LogP contribution in [0.25, 0.3) is 10.8 Å². The number of benzene rings is 2. The summed E-state index contributed by atoms with van der Waals surface area (Å²) in [6.45, 7) is 0. The molecule has 66 valence electrons. The first-order valence-corrected chi connectivity index (χ1v) is 4.47. The Morgan fingerprint density at radius 3 is 2.54 bits per heavy atom. The number of fused-ring (bicyclic) bond motifs is 1. The second kappa shape index (κ2) is 3.17. The highest BCUT2D eigenvalue weighted by molar-refractivity contribution is 6.36. The lowest BCUT2D eigenvalue weighted by Crippen LogP contribution is -1.79. The average molecular weight is 215 g/mol. The summed E-state index contributed by atoms with van der Waals surface area (Å²) >= 11 is 11.5. The van der Waals surface area contributed by atoms with Crippen LogP contribution in [-0.4, -0.2) is 0 Å². The molecule has 0 spiro atoms. The molecular formula is C10H5Cl2F. The minimum Gasteiger partial charge on any atom is -0.205 e. The summed E-state index contributed by atoms with van der Waals surface area (Å²) in [5.74, 6) is -0.420. The van der Waals surface area contributed by atoms with E-state index in [2.05, 4.69) is 0 Å². The minimum atomic E-state index is -0.420. The summed E-state index contributed by atoms with van der Waals surface area (Å²) in [5.41, 5.74) is 0. The van der Waals surface area contributed by atoms with Crippen molar-refractivity contribution >= 4 is 34.0 Å². The Morgan fingerprint density at radius 2 is 1.77 bits per heavy atom. The van der Waals surface area contributed by atoms with E-state index in [1.165, 1.54) is 12.1 Å². The first-order valence-electron chi connectivity index (χ1n) is 3.72. The lowest BCUT2D eigenvalue weighted by Gasteiger charge is -2.01. The van der Waals surface area contributed by atoms with Gasteiger partial charge < -0.3 is 0 Å². The lowest BCUT2D eigenvalue weighted by atomic mass is 10.1. The second-order valence-corrected chi connectivity index (χ2v) is 3.54. The van der Waals surface area contributed by atoms with Crippen molar-refractivity contribution in [3.8, 4) is 0 Å². The number of hydrogen-bond acceptors (Lipinski definition) is 0. The van der Waals surface area contributed by atoms with Gasteiger partial charge in [-0.2, -0.15) is 0 Å². The van der Waals surface area contributed by atoms with Crippen molar-refractivity contribution in [2.45, 2.75) is 0 Å². The van der Waals surface area contributed by atoms with Gasteiger partial charge in [-0.15, -0.1) is 0 Å². The maximum Gasteiger partial charge on any atom is 0.142 e. The van der Waals surface area contributed by atoms with Gasteiger partial charge in [-0.25, -0.2) is 4.39 Å². The van der Waals surface area contributed by atoms with Crippen LogP contribution in [0.2, 0.25) is 10.0 Å². The molecule has 13 heavy (non-hydrogen) atoms. The van der Waals surface area contributed by atoms with Crippen molar-refractivity contribution in [3.05, 3.63) is 46.2 Å². The van der Waals surface area contributed by atoms with E-state index >= 15 is 0 Å². The third-order valence-electron chi connectivity index (χ3n) is 1.87. The quantitative estimate of drug-likeness (QED) is 0.614. The molecule has 0 heterocycles. The van der Waals surface area contributed by atoms with E-state index < -0.39 is 5.82 Å². The second-order valence-electron chi connectivity index (χ2n) is 2.73. The van der Waals surface area contributed by atoms with Gasteiger partial charge in [0.1, 0.15) is 5.82 Å². The molecule has 0 aliphatic heterocycles. The zero-order valence-corrected chi connectivity index (χ0v) is 8.03. The fourth-order valence-electron chi connectivity index (χ4n) is 1.23. The number of rotatable bonds is 0. The van der Waals surface area contributed by atoms with E-state index in [1.807, 2.05) is 0 Å². The highest BCUT2D eigenvalue weighted by Crippen LogP contribution is 2.28. The third-order valence-corrected chi connectivity index (χ3v) is 2.49. The molecule has 0 aliphatic carbocycles. The van der Waals surface area contributed by atoms with Crippen LogP contribution in [0.15, 0.2) is 30.3 Å². The maximum absolute atomic E-state index is 13.0. The molecule has 0 saturated heterocycles. The molecular weight excluding hydrogens is 210 g/mol. The minimum absolute atomic E-state index is 0.0978. The fourth-order valence-corrected chi connectivity index (χ4v) is 1.63. The monoisotopic (exact) mass is 214 g/mol. The zero-order chi connectivity index (χ0) is 9.42. The molecule has 2 aromatic carbocycles. The highest BCUT2D eigenvalue weighted by atomic mass is 35.5. The van der Waals surface area contributed by atoms with Crippen LogP contribution in [0.4, 0.5) is 4.39 Å². The van der Waals surface area contributed by atoms with E-state index in [0.29, 0.717) is 5.02 Å². The Kier molecular flexibility index (Phi) is 2.14. The summed E-state index contributed by atoms with van der Waals surface area (Å²) < 4.78 is 13.0. The third kappa shape index (κ3) is 1.50. The van der Waals surface area contributed by atoms with E-state index in [-0.39, 0.29) is 5.02 Å². The van der Waals surface area contributed by atoms with Crippen LogP contribution in [0, 0.1) is 5.82 Å². The molecule has 3 heteroatoms.